The summed E-state index contributed by atoms with van der Waals surface area (Å²) in [5.41, 5.74) is -1.18. The van der Waals surface area contributed by atoms with Crippen LogP contribution in [0, 0.1) is 0 Å². The van der Waals surface area contributed by atoms with Gasteiger partial charge in [-0.3, -0.25) is 4.79 Å². The van der Waals surface area contributed by atoms with E-state index < -0.39 is 11.5 Å². The van der Waals surface area contributed by atoms with Crippen molar-refractivity contribution in [3.63, 3.8) is 0 Å². The quantitative estimate of drug-likeness (QED) is 0.418. The highest BCUT2D eigenvalue weighted by molar-refractivity contribution is 5.87. The first-order chi connectivity index (χ1) is 7.46. The molecule has 0 saturated carbocycles. The summed E-state index contributed by atoms with van der Waals surface area (Å²) in [6.45, 7) is 7.51. The number of carbonyl (C=O) groups excluding carboxylic acids is 1. The second-order valence-corrected chi connectivity index (χ2v) is 3.86. The predicted molar refractivity (Wildman–Crippen MR) is 62.2 cm³/mol. The Labute approximate surface area is 95.9 Å². The van der Waals surface area contributed by atoms with Crippen molar-refractivity contribution in [3.05, 3.63) is 12.7 Å². The van der Waals surface area contributed by atoms with Crippen LogP contribution in [0.4, 0.5) is 0 Å². The molecule has 0 aliphatic rings. The summed E-state index contributed by atoms with van der Waals surface area (Å²) < 4.78 is 0. The third kappa shape index (κ3) is 4.93. The van der Waals surface area contributed by atoms with E-state index in [1.165, 1.54) is 6.92 Å². The van der Waals surface area contributed by atoms with Gasteiger partial charge in [-0.1, -0.05) is 19.4 Å². The molecule has 1 atom stereocenters. The topological polar surface area (TPSA) is 78.4 Å². The Morgan fingerprint density at radius 2 is 2.12 bits per heavy atom. The Morgan fingerprint density at radius 1 is 1.50 bits per heavy atom. The number of nitrogens with one attached hydrogen (secondary N) is 2. The summed E-state index contributed by atoms with van der Waals surface area (Å²) in [7, 11) is 0. The molecule has 0 heterocycles. The molecule has 0 aromatic rings. The Balaban J connectivity index is 4.23. The third-order valence-corrected chi connectivity index (χ3v) is 2.21. The zero-order valence-corrected chi connectivity index (χ0v) is 9.88. The minimum Gasteiger partial charge on any atom is -0.480 e. The highest BCUT2D eigenvalue weighted by Gasteiger charge is 2.33. The molecule has 0 aliphatic carbocycles. The van der Waals surface area contributed by atoms with Gasteiger partial charge in [0, 0.05) is 6.54 Å². The average Bonchev–Trinajstić information content (AvgIpc) is 2.18. The second-order valence-electron chi connectivity index (χ2n) is 3.86. The molecule has 16 heavy (non-hydrogen) atoms. The van der Waals surface area contributed by atoms with Crippen LogP contribution in [0.3, 0.4) is 0 Å². The Morgan fingerprint density at radius 3 is 2.56 bits per heavy atom. The molecule has 1 amide bonds. The molecule has 5 heteroatoms. The first kappa shape index (κ1) is 14.6. The molecule has 0 rings (SSSR count). The Kier molecular flexibility index (Phi) is 6.41. The van der Waals surface area contributed by atoms with Crippen molar-refractivity contribution in [2.24, 2.45) is 0 Å². The molecule has 0 aliphatic heterocycles. The van der Waals surface area contributed by atoms with Crippen molar-refractivity contribution >= 4 is 11.9 Å². The summed E-state index contributed by atoms with van der Waals surface area (Å²) in [5, 5.41) is 14.4. The summed E-state index contributed by atoms with van der Waals surface area (Å²) in [5.74, 6) is -1.33. The van der Waals surface area contributed by atoms with Gasteiger partial charge in [0.15, 0.2) is 0 Å². The lowest BCUT2D eigenvalue weighted by Gasteiger charge is -2.25. The van der Waals surface area contributed by atoms with E-state index in [1.54, 1.807) is 6.08 Å². The number of rotatable bonds is 8. The molecule has 3 N–H and O–H groups in total. The van der Waals surface area contributed by atoms with Crippen LogP contribution in [0.15, 0.2) is 12.7 Å². The van der Waals surface area contributed by atoms with Crippen LogP contribution in [0.1, 0.15) is 26.7 Å². The molecule has 92 valence electrons. The molecule has 0 fully saturated rings. The van der Waals surface area contributed by atoms with Crippen LogP contribution in [-0.2, 0) is 9.59 Å². The normalized spacial score (nSPS) is 13.9. The Bertz CT molecular complexity index is 266. The zero-order chi connectivity index (χ0) is 12.6. The van der Waals surface area contributed by atoms with Gasteiger partial charge in [-0.05, 0) is 13.3 Å². The van der Waals surface area contributed by atoms with E-state index in [0.717, 1.165) is 0 Å². The summed E-state index contributed by atoms with van der Waals surface area (Å²) in [6.07, 6.45) is 2.74. The second kappa shape index (κ2) is 7.00. The fourth-order valence-electron chi connectivity index (χ4n) is 1.36. The minimum atomic E-state index is -1.18. The van der Waals surface area contributed by atoms with Gasteiger partial charge in [-0.25, -0.2) is 4.79 Å². The molecule has 0 aromatic heterocycles. The van der Waals surface area contributed by atoms with Crippen molar-refractivity contribution in [1.82, 2.24) is 10.6 Å². The van der Waals surface area contributed by atoms with Gasteiger partial charge in [0.1, 0.15) is 5.54 Å². The van der Waals surface area contributed by atoms with Crippen molar-refractivity contribution in [2.45, 2.75) is 32.2 Å². The van der Waals surface area contributed by atoms with E-state index in [2.05, 4.69) is 17.2 Å². The molecular weight excluding hydrogens is 208 g/mol. The highest BCUT2D eigenvalue weighted by atomic mass is 16.4. The average molecular weight is 228 g/mol. The van der Waals surface area contributed by atoms with Crippen LogP contribution in [0.25, 0.3) is 0 Å². The monoisotopic (exact) mass is 228 g/mol. The van der Waals surface area contributed by atoms with Gasteiger partial charge < -0.3 is 15.7 Å². The number of carboxylic acids is 1. The number of hydrogen-bond donors (Lipinski definition) is 3. The number of hydrogen-bond acceptors (Lipinski definition) is 3. The molecule has 0 bridgehead atoms. The number of carboxylic acid groups (broad SMARTS) is 1. The van der Waals surface area contributed by atoms with Crippen LogP contribution >= 0.6 is 0 Å². The molecular formula is C11H20N2O3. The van der Waals surface area contributed by atoms with Gasteiger partial charge >= 0.3 is 5.97 Å². The van der Waals surface area contributed by atoms with Gasteiger partial charge in [0.2, 0.25) is 5.91 Å². The molecule has 5 nitrogen and oxygen atoms in total. The Hall–Kier alpha value is -1.36. The van der Waals surface area contributed by atoms with Crippen molar-refractivity contribution in [3.8, 4) is 0 Å². The van der Waals surface area contributed by atoms with E-state index >= 15 is 0 Å². The van der Waals surface area contributed by atoms with Crippen LogP contribution in [-0.4, -0.2) is 35.6 Å². The minimum absolute atomic E-state index is 0.0958. The van der Waals surface area contributed by atoms with Crippen molar-refractivity contribution in [2.75, 3.05) is 13.1 Å². The third-order valence-electron chi connectivity index (χ3n) is 2.21. The van der Waals surface area contributed by atoms with Crippen LogP contribution in [0.5, 0.6) is 0 Å². The highest BCUT2D eigenvalue weighted by Crippen LogP contribution is 2.12. The fourth-order valence-corrected chi connectivity index (χ4v) is 1.36. The fraction of sp³-hybridized carbons (Fsp3) is 0.636. The largest absolute Gasteiger partial charge is 0.480 e. The van der Waals surface area contributed by atoms with E-state index in [-0.39, 0.29) is 12.5 Å². The van der Waals surface area contributed by atoms with E-state index in [9.17, 15) is 9.59 Å². The number of carbonyl (C=O) groups is 2. The SMILES string of the molecule is C=CCNCC(=O)NC(C)(CCC)C(=O)O. The maximum absolute atomic E-state index is 11.4. The molecule has 1 unspecified atom stereocenters. The standard InChI is InChI=1S/C11H20N2O3/c1-4-6-11(3,10(15)16)13-9(14)8-12-7-5-2/h5,12H,2,4,6-8H2,1,3H3,(H,13,14)(H,15,16). The van der Waals surface area contributed by atoms with Crippen molar-refractivity contribution in [1.29, 1.82) is 0 Å². The van der Waals surface area contributed by atoms with Crippen LogP contribution < -0.4 is 10.6 Å². The summed E-state index contributed by atoms with van der Waals surface area (Å²) in [4.78, 5) is 22.5. The predicted octanol–water partition coefficient (Wildman–Crippen LogP) is 0.522. The van der Waals surface area contributed by atoms with E-state index in [4.69, 9.17) is 5.11 Å². The first-order valence-electron chi connectivity index (χ1n) is 5.32. The van der Waals surface area contributed by atoms with E-state index in [0.29, 0.717) is 19.4 Å². The lowest BCUT2D eigenvalue weighted by molar-refractivity contribution is -0.147. The maximum Gasteiger partial charge on any atom is 0.329 e. The first-order valence-corrected chi connectivity index (χ1v) is 5.32. The number of amides is 1. The van der Waals surface area contributed by atoms with Gasteiger partial charge in [-0.15, -0.1) is 6.58 Å². The lowest BCUT2D eigenvalue weighted by atomic mass is 9.96. The summed E-state index contributed by atoms with van der Waals surface area (Å²) in [6, 6.07) is 0. The molecule has 0 radical (unpaired) electrons. The summed E-state index contributed by atoms with van der Waals surface area (Å²) >= 11 is 0. The van der Waals surface area contributed by atoms with Gasteiger partial charge in [0.05, 0.1) is 6.54 Å². The maximum atomic E-state index is 11.4. The zero-order valence-electron chi connectivity index (χ0n) is 9.88. The van der Waals surface area contributed by atoms with Gasteiger partial charge in [-0.2, -0.15) is 0 Å². The smallest absolute Gasteiger partial charge is 0.329 e. The molecule has 0 aromatic carbocycles. The van der Waals surface area contributed by atoms with E-state index in [1.807, 2.05) is 6.92 Å². The lowest BCUT2D eigenvalue weighted by Crippen LogP contribution is -2.54. The van der Waals surface area contributed by atoms with Crippen LogP contribution in [0.2, 0.25) is 0 Å². The number of aliphatic carboxylic acids is 1. The van der Waals surface area contributed by atoms with Gasteiger partial charge in [0.25, 0.3) is 0 Å². The van der Waals surface area contributed by atoms with Crippen molar-refractivity contribution < 1.29 is 14.7 Å². The molecule has 0 spiro atoms. The molecule has 0 saturated heterocycles.